The number of methoxy groups -OCH3 is 2. The fraction of sp³-hybridized carbons (Fsp3) is 0.455. The molecule has 16 heavy (non-hydrogen) atoms. The predicted molar refractivity (Wildman–Crippen MR) is 62.1 cm³/mol. The predicted octanol–water partition coefficient (Wildman–Crippen LogP) is 2.30. The number of halogens is 2. The van der Waals surface area contributed by atoms with Gasteiger partial charge in [0.1, 0.15) is 5.82 Å². The molecule has 0 aliphatic carbocycles. The van der Waals surface area contributed by atoms with Crippen LogP contribution in [0, 0.1) is 5.82 Å². The van der Waals surface area contributed by atoms with Crippen molar-refractivity contribution in [3.8, 4) is 11.5 Å². The second kappa shape index (κ2) is 5.37. The molecule has 0 spiro atoms. The van der Waals surface area contributed by atoms with Crippen molar-refractivity contribution in [1.29, 1.82) is 0 Å². The molecule has 1 aliphatic rings. The molecule has 0 amide bonds. The van der Waals surface area contributed by atoms with Crippen LogP contribution in [-0.4, -0.2) is 20.8 Å². The van der Waals surface area contributed by atoms with Gasteiger partial charge in [0.25, 0.3) is 0 Å². The minimum atomic E-state index is -0.246. The SMILES string of the molecule is COc1cc(F)c([C@H]2CCN2)cc1OC.Cl. The molecule has 1 fully saturated rings. The zero-order valence-corrected chi connectivity index (χ0v) is 10.1. The zero-order valence-electron chi connectivity index (χ0n) is 9.25. The summed E-state index contributed by atoms with van der Waals surface area (Å²) in [7, 11) is 3.05. The van der Waals surface area contributed by atoms with Crippen LogP contribution in [0.1, 0.15) is 18.0 Å². The third-order valence-electron chi connectivity index (χ3n) is 2.70. The standard InChI is InChI=1S/C11H14FNO2.ClH/c1-14-10-5-7(9-3-4-13-9)8(12)6-11(10)15-2;/h5-6,9,13H,3-4H2,1-2H3;1H/t9-;/m1./s1. The first-order valence-corrected chi connectivity index (χ1v) is 4.91. The Labute approximate surface area is 100 Å². The van der Waals surface area contributed by atoms with E-state index in [1.165, 1.54) is 13.2 Å². The molecule has 0 unspecified atom stereocenters. The minimum absolute atomic E-state index is 0. The molecule has 3 nitrogen and oxygen atoms in total. The number of nitrogens with one attached hydrogen (secondary N) is 1. The normalized spacial score (nSPS) is 18.3. The second-order valence-corrected chi connectivity index (χ2v) is 3.52. The fourth-order valence-corrected chi connectivity index (χ4v) is 1.69. The number of ether oxygens (including phenoxy) is 2. The van der Waals surface area contributed by atoms with Crippen molar-refractivity contribution in [3.63, 3.8) is 0 Å². The smallest absolute Gasteiger partial charge is 0.163 e. The Morgan fingerprint density at radius 3 is 2.25 bits per heavy atom. The van der Waals surface area contributed by atoms with E-state index in [1.54, 1.807) is 13.2 Å². The Bertz CT molecular complexity index is 369. The van der Waals surface area contributed by atoms with Crippen LogP contribution in [0.25, 0.3) is 0 Å². The molecule has 2 rings (SSSR count). The van der Waals surface area contributed by atoms with Gasteiger partial charge < -0.3 is 14.8 Å². The highest BCUT2D eigenvalue weighted by Gasteiger charge is 2.23. The first kappa shape index (κ1) is 13.1. The summed E-state index contributed by atoms with van der Waals surface area (Å²) in [5.74, 6) is 0.755. The molecular formula is C11H15ClFNO2. The molecule has 1 aromatic rings. The number of hydrogen-bond donors (Lipinski definition) is 1. The van der Waals surface area contributed by atoms with Gasteiger partial charge in [0.2, 0.25) is 0 Å². The van der Waals surface area contributed by atoms with E-state index >= 15 is 0 Å². The highest BCUT2D eigenvalue weighted by Crippen LogP contribution is 2.34. The third-order valence-corrected chi connectivity index (χ3v) is 2.70. The quantitative estimate of drug-likeness (QED) is 0.889. The van der Waals surface area contributed by atoms with Crippen molar-refractivity contribution in [2.45, 2.75) is 12.5 Å². The van der Waals surface area contributed by atoms with Gasteiger partial charge in [-0.1, -0.05) is 0 Å². The molecule has 1 heterocycles. The van der Waals surface area contributed by atoms with E-state index < -0.39 is 0 Å². The summed E-state index contributed by atoms with van der Waals surface area (Å²) in [6.45, 7) is 0.943. The highest BCUT2D eigenvalue weighted by molar-refractivity contribution is 5.85. The first-order chi connectivity index (χ1) is 7.26. The Hall–Kier alpha value is -1.00. The summed E-state index contributed by atoms with van der Waals surface area (Å²) < 4.78 is 23.8. The molecule has 0 radical (unpaired) electrons. The van der Waals surface area contributed by atoms with Crippen LogP contribution in [-0.2, 0) is 0 Å². The van der Waals surface area contributed by atoms with Crippen molar-refractivity contribution < 1.29 is 13.9 Å². The largest absolute Gasteiger partial charge is 0.493 e. The summed E-state index contributed by atoms with van der Waals surface area (Å²) in [4.78, 5) is 0. The Kier molecular flexibility index (Phi) is 4.38. The maximum Gasteiger partial charge on any atom is 0.163 e. The van der Waals surface area contributed by atoms with E-state index in [9.17, 15) is 4.39 Å². The van der Waals surface area contributed by atoms with Gasteiger partial charge in [0, 0.05) is 17.7 Å². The molecule has 5 heteroatoms. The van der Waals surface area contributed by atoms with E-state index in [1.807, 2.05) is 0 Å². The lowest BCUT2D eigenvalue weighted by Crippen LogP contribution is -2.35. The Morgan fingerprint density at radius 2 is 1.81 bits per heavy atom. The summed E-state index contributed by atoms with van der Waals surface area (Å²) >= 11 is 0. The van der Waals surface area contributed by atoms with Gasteiger partial charge in [0.15, 0.2) is 11.5 Å². The van der Waals surface area contributed by atoms with Gasteiger partial charge in [0.05, 0.1) is 14.2 Å². The van der Waals surface area contributed by atoms with Gasteiger partial charge >= 0.3 is 0 Å². The number of rotatable bonds is 3. The van der Waals surface area contributed by atoms with Crippen LogP contribution in [0.3, 0.4) is 0 Å². The monoisotopic (exact) mass is 247 g/mol. The Morgan fingerprint density at radius 1 is 1.25 bits per heavy atom. The molecule has 1 atom stereocenters. The molecule has 1 aliphatic heterocycles. The van der Waals surface area contributed by atoms with Gasteiger partial charge in [-0.05, 0) is 19.0 Å². The van der Waals surface area contributed by atoms with E-state index in [2.05, 4.69) is 5.32 Å². The number of hydrogen-bond acceptors (Lipinski definition) is 3. The van der Waals surface area contributed by atoms with E-state index in [-0.39, 0.29) is 24.3 Å². The molecule has 0 aromatic heterocycles. The molecule has 1 N–H and O–H groups in total. The highest BCUT2D eigenvalue weighted by atomic mass is 35.5. The van der Waals surface area contributed by atoms with Crippen LogP contribution >= 0.6 is 12.4 Å². The maximum absolute atomic E-state index is 13.6. The van der Waals surface area contributed by atoms with Gasteiger partial charge in [-0.25, -0.2) is 4.39 Å². The van der Waals surface area contributed by atoms with Crippen molar-refractivity contribution in [2.75, 3.05) is 20.8 Å². The third kappa shape index (κ3) is 2.23. The van der Waals surface area contributed by atoms with Crippen molar-refractivity contribution in [3.05, 3.63) is 23.5 Å². The lowest BCUT2D eigenvalue weighted by atomic mass is 9.97. The summed E-state index contributed by atoms with van der Waals surface area (Å²) in [5.41, 5.74) is 0.652. The zero-order chi connectivity index (χ0) is 10.8. The Balaban J connectivity index is 0.00000128. The molecule has 0 saturated carbocycles. The molecule has 1 saturated heterocycles. The average molecular weight is 248 g/mol. The fourth-order valence-electron chi connectivity index (χ4n) is 1.69. The van der Waals surface area contributed by atoms with Crippen molar-refractivity contribution >= 4 is 12.4 Å². The van der Waals surface area contributed by atoms with Crippen LogP contribution in [0.4, 0.5) is 4.39 Å². The maximum atomic E-state index is 13.6. The van der Waals surface area contributed by atoms with Crippen molar-refractivity contribution in [1.82, 2.24) is 5.32 Å². The van der Waals surface area contributed by atoms with Crippen LogP contribution < -0.4 is 14.8 Å². The minimum Gasteiger partial charge on any atom is -0.493 e. The molecule has 0 bridgehead atoms. The lowest BCUT2D eigenvalue weighted by molar-refractivity contribution is 0.341. The topological polar surface area (TPSA) is 30.5 Å². The molecular weight excluding hydrogens is 233 g/mol. The summed E-state index contributed by atoms with van der Waals surface area (Å²) in [6.07, 6.45) is 0.965. The van der Waals surface area contributed by atoms with Gasteiger partial charge in [-0.2, -0.15) is 0 Å². The summed E-state index contributed by atoms with van der Waals surface area (Å²) in [6, 6.07) is 3.18. The first-order valence-electron chi connectivity index (χ1n) is 4.91. The van der Waals surface area contributed by atoms with E-state index in [0.717, 1.165) is 13.0 Å². The van der Waals surface area contributed by atoms with Crippen molar-refractivity contribution in [2.24, 2.45) is 0 Å². The van der Waals surface area contributed by atoms with E-state index in [4.69, 9.17) is 9.47 Å². The number of benzene rings is 1. The lowest BCUT2D eigenvalue weighted by Gasteiger charge is -2.28. The van der Waals surface area contributed by atoms with E-state index in [0.29, 0.717) is 17.1 Å². The van der Waals surface area contributed by atoms with Gasteiger partial charge in [-0.15, -0.1) is 12.4 Å². The van der Waals surface area contributed by atoms with Crippen LogP contribution in [0.2, 0.25) is 0 Å². The summed E-state index contributed by atoms with van der Waals surface area (Å²) in [5, 5.41) is 3.16. The average Bonchev–Trinajstić information content (AvgIpc) is 2.17. The second-order valence-electron chi connectivity index (χ2n) is 3.52. The van der Waals surface area contributed by atoms with Crippen LogP contribution in [0.15, 0.2) is 12.1 Å². The van der Waals surface area contributed by atoms with Gasteiger partial charge in [-0.3, -0.25) is 0 Å². The molecule has 90 valence electrons. The van der Waals surface area contributed by atoms with Crippen LogP contribution in [0.5, 0.6) is 11.5 Å². The molecule has 1 aromatic carbocycles.